The number of rotatable bonds is 10. The van der Waals surface area contributed by atoms with Gasteiger partial charge in [0.2, 0.25) is 6.29 Å². The van der Waals surface area contributed by atoms with Crippen molar-refractivity contribution in [2.45, 2.75) is 44.6 Å². The number of carbonyl (C=O) groups is 4. The number of anilines is 1. The Morgan fingerprint density at radius 2 is 1.97 bits per heavy atom. The third-order valence-electron chi connectivity index (χ3n) is 4.88. The van der Waals surface area contributed by atoms with Crippen molar-refractivity contribution in [3.63, 3.8) is 0 Å². The minimum absolute atomic E-state index is 0.0353. The van der Waals surface area contributed by atoms with Crippen LogP contribution in [0, 0.1) is 0 Å². The number of oxime groups is 1. The number of amides is 2. The minimum Gasteiger partial charge on any atom is -0.431 e. The predicted octanol–water partition coefficient (Wildman–Crippen LogP) is 0.827. The molecule has 3 N–H and O–H groups in total. The summed E-state index contributed by atoms with van der Waals surface area (Å²) in [5.41, 5.74) is 6.15. The molecule has 1 saturated heterocycles. The molecule has 1 aromatic rings. The molecule has 14 nitrogen and oxygen atoms in total. The van der Waals surface area contributed by atoms with Crippen LogP contribution in [0.15, 0.2) is 21.8 Å². The summed E-state index contributed by atoms with van der Waals surface area (Å²) in [6.07, 6.45) is -2.71. The van der Waals surface area contributed by atoms with Crippen LogP contribution in [0.3, 0.4) is 0 Å². The lowest BCUT2D eigenvalue weighted by atomic mass is 10.0. The summed E-state index contributed by atoms with van der Waals surface area (Å²) in [6.45, 7) is 4.68. The van der Waals surface area contributed by atoms with Crippen molar-refractivity contribution >= 4 is 57.9 Å². The van der Waals surface area contributed by atoms with E-state index in [1.807, 2.05) is 0 Å². The second-order valence-electron chi connectivity index (χ2n) is 7.95. The van der Waals surface area contributed by atoms with Gasteiger partial charge >= 0.3 is 12.1 Å². The van der Waals surface area contributed by atoms with Gasteiger partial charge in [0, 0.05) is 25.2 Å². The molecule has 0 aliphatic carbocycles. The summed E-state index contributed by atoms with van der Waals surface area (Å²) in [6, 6.07) is -0.961. The van der Waals surface area contributed by atoms with E-state index in [0.717, 1.165) is 11.3 Å². The maximum atomic E-state index is 13.1. The molecule has 37 heavy (non-hydrogen) atoms. The van der Waals surface area contributed by atoms with Crippen molar-refractivity contribution in [3.8, 4) is 0 Å². The highest BCUT2D eigenvalue weighted by Crippen LogP contribution is 2.41. The fourth-order valence-electron chi connectivity index (χ4n) is 3.45. The van der Waals surface area contributed by atoms with Gasteiger partial charge < -0.3 is 34.8 Å². The van der Waals surface area contributed by atoms with Gasteiger partial charge in [0.05, 0.1) is 12.7 Å². The highest BCUT2D eigenvalue weighted by atomic mass is 32.2. The topological polar surface area (TPSA) is 181 Å². The van der Waals surface area contributed by atoms with E-state index >= 15 is 0 Å². The smallest absolute Gasteiger partial charge is 0.431 e. The number of carbonyl (C=O) groups excluding carboxylic acids is 4. The number of hydrogen-bond donors (Lipinski definition) is 2. The van der Waals surface area contributed by atoms with Crippen molar-refractivity contribution in [2.75, 3.05) is 32.3 Å². The maximum absolute atomic E-state index is 13.1. The normalized spacial score (nSPS) is 20.1. The lowest BCUT2D eigenvalue weighted by molar-refractivity contribution is -0.169. The molecule has 1 fully saturated rings. The van der Waals surface area contributed by atoms with Crippen LogP contribution < -0.4 is 11.1 Å². The van der Waals surface area contributed by atoms with Crippen molar-refractivity contribution in [1.29, 1.82) is 0 Å². The van der Waals surface area contributed by atoms with Gasteiger partial charge in [-0.3, -0.25) is 14.5 Å². The zero-order valence-electron chi connectivity index (χ0n) is 20.7. The first kappa shape index (κ1) is 28.2. The third kappa shape index (κ3) is 6.50. The molecule has 3 rings (SSSR count). The van der Waals surface area contributed by atoms with Crippen LogP contribution in [0.25, 0.3) is 0 Å². The predicted molar refractivity (Wildman–Crippen MR) is 132 cm³/mol. The quantitative estimate of drug-likeness (QED) is 0.136. The fourth-order valence-corrected chi connectivity index (χ4v) is 5.32. The number of nitrogens with zero attached hydrogens (tertiary/aromatic N) is 3. The van der Waals surface area contributed by atoms with Crippen LogP contribution in [0.4, 0.5) is 9.93 Å². The molecule has 2 amide bonds. The molecule has 3 unspecified atom stereocenters. The largest absolute Gasteiger partial charge is 0.511 e. The molecule has 3 heterocycles. The molecular formula is C21H27N5O9S2. The summed E-state index contributed by atoms with van der Waals surface area (Å²) in [5, 5.41) is 7.49. The van der Waals surface area contributed by atoms with Crippen molar-refractivity contribution in [2.24, 2.45) is 5.16 Å². The van der Waals surface area contributed by atoms with Crippen molar-refractivity contribution in [3.05, 3.63) is 22.3 Å². The number of β-lactam (4-membered cyclic amide) rings is 1. The van der Waals surface area contributed by atoms with Crippen LogP contribution in [-0.4, -0.2) is 89.9 Å². The Labute approximate surface area is 220 Å². The standard InChI is InChI=1S/C21H27N5O9S2/c1-9(2)33-21(30)35-10(3)34-19(29)15-11(6-31-4)7-36-18-14(17(28)26(15)18)24-16(27)13(25-32-5)12-8-37-20(22)23-12/h8-10,14,18H,6-7H2,1-5H3,(H2,22,23)(H,24,27). The number of thiazole rings is 1. The molecular weight excluding hydrogens is 530 g/mol. The number of ether oxygens (including phenoxy) is 4. The third-order valence-corrected chi connectivity index (χ3v) is 6.89. The first-order valence-corrected chi connectivity index (χ1v) is 12.9. The Morgan fingerprint density at radius 1 is 1.24 bits per heavy atom. The Hall–Kier alpha value is -3.37. The maximum Gasteiger partial charge on any atom is 0.511 e. The zero-order chi connectivity index (χ0) is 27.3. The Kier molecular flexibility index (Phi) is 9.34. The Bertz CT molecular complexity index is 1120. The van der Waals surface area contributed by atoms with Crippen molar-refractivity contribution in [1.82, 2.24) is 15.2 Å². The lowest BCUT2D eigenvalue weighted by Crippen LogP contribution is -2.71. The number of nitrogen functional groups attached to an aromatic ring is 1. The lowest BCUT2D eigenvalue weighted by Gasteiger charge is -2.49. The van der Waals surface area contributed by atoms with Gasteiger partial charge in [-0.25, -0.2) is 14.6 Å². The van der Waals surface area contributed by atoms with Crippen LogP contribution >= 0.6 is 23.1 Å². The number of esters is 1. The molecule has 1 aromatic heterocycles. The number of thioether (sulfide) groups is 1. The van der Waals surface area contributed by atoms with Crippen molar-refractivity contribution < 1.29 is 43.0 Å². The summed E-state index contributed by atoms with van der Waals surface area (Å²) >= 11 is 2.45. The summed E-state index contributed by atoms with van der Waals surface area (Å²) in [5.74, 6) is -1.81. The molecule has 16 heteroatoms. The number of fused-ring (bicyclic) bond motifs is 1. The van der Waals surface area contributed by atoms with Crippen LogP contribution in [-0.2, 0) is 38.2 Å². The zero-order valence-corrected chi connectivity index (χ0v) is 22.3. The average molecular weight is 558 g/mol. The monoisotopic (exact) mass is 557 g/mol. The second-order valence-corrected chi connectivity index (χ2v) is 9.94. The fraction of sp³-hybridized carbons (Fsp3) is 0.524. The van der Waals surface area contributed by atoms with Gasteiger partial charge in [0.15, 0.2) is 10.8 Å². The van der Waals surface area contributed by atoms with Crippen LogP contribution in [0.1, 0.15) is 26.5 Å². The number of methoxy groups -OCH3 is 1. The molecule has 2 aliphatic heterocycles. The van der Waals surface area contributed by atoms with Gasteiger partial charge in [-0.1, -0.05) is 5.16 Å². The van der Waals surface area contributed by atoms with E-state index in [1.165, 1.54) is 43.2 Å². The molecule has 0 bridgehead atoms. The molecule has 0 radical (unpaired) electrons. The number of nitrogens with one attached hydrogen (secondary N) is 1. The molecule has 0 spiro atoms. The van der Waals surface area contributed by atoms with Gasteiger partial charge in [0.1, 0.15) is 29.9 Å². The molecule has 2 aliphatic rings. The number of hydrogen-bond acceptors (Lipinski definition) is 14. The first-order chi connectivity index (χ1) is 17.6. The average Bonchev–Trinajstić information content (AvgIpc) is 3.25. The molecule has 202 valence electrons. The summed E-state index contributed by atoms with van der Waals surface area (Å²) in [4.78, 5) is 60.8. The molecule has 0 saturated carbocycles. The van der Waals surface area contributed by atoms with E-state index < -0.39 is 47.7 Å². The van der Waals surface area contributed by atoms with Crippen LogP contribution in [0.5, 0.6) is 0 Å². The van der Waals surface area contributed by atoms with Gasteiger partial charge in [-0.2, -0.15) is 0 Å². The van der Waals surface area contributed by atoms with E-state index in [1.54, 1.807) is 13.8 Å². The van der Waals surface area contributed by atoms with E-state index in [-0.39, 0.29) is 28.8 Å². The first-order valence-electron chi connectivity index (χ1n) is 10.9. The minimum atomic E-state index is -1.28. The van der Waals surface area contributed by atoms with E-state index in [2.05, 4.69) is 15.5 Å². The second kappa shape index (κ2) is 12.2. The van der Waals surface area contributed by atoms with Crippen LogP contribution in [0.2, 0.25) is 0 Å². The SMILES string of the molecule is COCC1=C(C(=O)OC(C)OC(=O)OC(C)C)N2C(=O)C(NC(=O)C(=NOC)c3csc(N)n3)C2SC1. The highest BCUT2D eigenvalue weighted by Gasteiger charge is 2.55. The number of aromatic nitrogens is 1. The summed E-state index contributed by atoms with van der Waals surface area (Å²) < 4.78 is 20.2. The van der Waals surface area contributed by atoms with Gasteiger partial charge in [-0.05, 0) is 19.4 Å². The highest BCUT2D eigenvalue weighted by molar-refractivity contribution is 8.00. The van der Waals surface area contributed by atoms with E-state index in [0.29, 0.717) is 11.3 Å². The van der Waals surface area contributed by atoms with E-state index in [9.17, 15) is 19.2 Å². The summed E-state index contributed by atoms with van der Waals surface area (Å²) in [7, 11) is 2.71. The molecule has 3 atom stereocenters. The number of nitrogens with two attached hydrogens (primary N) is 1. The van der Waals surface area contributed by atoms with E-state index in [4.69, 9.17) is 29.5 Å². The van der Waals surface area contributed by atoms with Gasteiger partial charge in [-0.15, -0.1) is 23.1 Å². The molecule has 0 aromatic carbocycles. The Balaban J connectivity index is 1.74. The van der Waals surface area contributed by atoms with Gasteiger partial charge in [0.25, 0.3) is 11.8 Å². The Morgan fingerprint density at radius 3 is 2.57 bits per heavy atom.